The standard InChI is InChI=1S/C21H21N3O3S/c1-3-27-17-9-10-18-19(14-22)21(23(2)20(18)13-17)15-5-7-16(8-6-15)24-11-4-12-28(24,25)26/h5-10,13H,3-4,11-12H2,1-2H3. The highest BCUT2D eigenvalue weighted by atomic mass is 32.2. The molecule has 4 rings (SSSR count). The Labute approximate surface area is 164 Å². The van der Waals surface area contributed by atoms with Crippen molar-refractivity contribution in [3.63, 3.8) is 0 Å². The van der Waals surface area contributed by atoms with Crippen LogP contribution in [0.5, 0.6) is 5.75 Å². The van der Waals surface area contributed by atoms with Crippen LogP contribution < -0.4 is 9.04 Å². The lowest BCUT2D eigenvalue weighted by atomic mass is 10.1. The molecule has 0 N–H and O–H groups in total. The molecule has 6 nitrogen and oxygen atoms in total. The average Bonchev–Trinajstić information content (AvgIpc) is 3.18. The van der Waals surface area contributed by atoms with Crippen LogP contribution in [0.3, 0.4) is 0 Å². The van der Waals surface area contributed by atoms with Gasteiger partial charge in [0.25, 0.3) is 0 Å². The van der Waals surface area contributed by atoms with E-state index in [9.17, 15) is 13.7 Å². The normalized spacial score (nSPS) is 15.7. The zero-order valence-corrected chi connectivity index (χ0v) is 16.7. The first kappa shape index (κ1) is 18.4. The van der Waals surface area contributed by atoms with Crippen LogP contribution in [-0.2, 0) is 17.1 Å². The molecule has 1 aliphatic rings. The van der Waals surface area contributed by atoms with Crippen LogP contribution in [0, 0.1) is 11.3 Å². The fraction of sp³-hybridized carbons (Fsp3) is 0.286. The molecule has 1 aliphatic heterocycles. The number of nitrogens with zero attached hydrogens (tertiary/aromatic N) is 3. The van der Waals surface area contributed by atoms with Crippen molar-refractivity contribution in [2.75, 3.05) is 23.2 Å². The first-order valence-electron chi connectivity index (χ1n) is 9.22. The van der Waals surface area contributed by atoms with Gasteiger partial charge in [0.05, 0.1) is 34.8 Å². The predicted octanol–water partition coefficient (Wildman–Crippen LogP) is 3.66. The summed E-state index contributed by atoms with van der Waals surface area (Å²) >= 11 is 0. The van der Waals surface area contributed by atoms with E-state index < -0.39 is 10.0 Å². The number of ether oxygens (including phenoxy) is 1. The molecule has 1 fully saturated rings. The minimum absolute atomic E-state index is 0.193. The summed E-state index contributed by atoms with van der Waals surface area (Å²) in [6.45, 7) is 3.03. The summed E-state index contributed by atoms with van der Waals surface area (Å²) in [5.74, 6) is 0.958. The Kier molecular flexibility index (Phi) is 4.52. The van der Waals surface area contributed by atoms with Gasteiger partial charge in [0.2, 0.25) is 10.0 Å². The third-order valence-electron chi connectivity index (χ3n) is 5.12. The summed E-state index contributed by atoms with van der Waals surface area (Å²) < 4.78 is 33.3. The van der Waals surface area contributed by atoms with E-state index in [-0.39, 0.29) is 5.75 Å². The number of aryl methyl sites for hydroxylation is 1. The lowest BCUT2D eigenvalue weighted by Crippen LogP contribution is -2.24. The van der Waals surface area contributed by atoms with Gasteiger partial charge in [-0.05, 0) is 43.2 Å². The summed E-state index contributed by atoms with van der Waals surface area (Å²) in [4.78, 5) is 0. The minimum Gasteiger partial charge on any atom is -0.494 e. The van der Waals surface area contributed by atoms with Crippen LogP contribution >= 0.6 is 0 Å². The maximum absolute atomic E-state index is 12.1. The van der Waals surface area contributed by atoms with E-state index in [1.54, 1.807) is 0 Å². The second-order valence-electron chi connectivity index (χ2n) is 6.79. The molecule has 0 atom stereocenters. The molecular formula is C21H21N3O3S. The van der Waals surface area contributed by atoms with Gasteiger partial charge in [0.15, 0.2) is 0 Å². The smallest absolute Gasteiger partial charge is 0.235 e. The van der Waals surface area contributed by atoms with Crippen molar-refractivity contribution in [3.05, 3.63) is 48.0 Å². The third kappa shape index (κ3) is 2.90. The van der Waals surface area contributed by atoms with Gasteiger partial charge < -0.3 is 9.30 Å². The van der Waals surface area contributed by atoms with Crippen molar-refractivity contribution in [3.8, 4) is 23.1 Å². The van der Waals surface area contributed by atoms with Crippen molar-refractivity contribution in [1.29, 1.82) is 5.26 Å². The monoisotopic (exact) mass is 395 g/mol. The molecule has 28 heavy (non-hydrogen) atoms. The van der Waals surface area contributed by atoms with E-state index in [2.05, 4.69) is 6.07 Å². The Hall–Kier alpha value is -2.98. The second kappa shape index (κ2) is 6.88. The number of nitriles is 1. The Morgan fingerprint density at radius 1 is 1.18 bits per heavy atom. The van der Waals surface area contributed by atoms with E-state index in [4.69, 9.17) is 4.74 Å². The van der Waals surface area contributed by atoms with E-state index in [0.717, 1.165) is 27.9 Å². The van der Waals surface area contributed by atoms with Crippen molar-refractivity contribution in [2.45, 2.75) is 13.3 Å². The number of hydrogen-bond donors (Lipinski definition) is 0. The Morgan fingerprint density at radius 2 is 1.93 bits per heavy atom. The fourth-order valence-corrected chi connectivity index (χ4v) is 5.40. The lowest BCUT2D eigenvalue weighted by molar-refractivity contribution is 0.340. The topological polar surface area (TPSA) is 75.3 Å². The van der Waals surface area contributed by atoms with Gasteiger partial charge in [0.1, 0.15) is 11.8 Å². The maximum Gasteiger partial charge on any atom is 0.235 e. The number of benzene rings is 2. The van der Waals surface area contributed by atoms with Gasteiger partial charge in [-0.2, -0.15) is 5.26 Å². The Balaban J connectivity index is 1.80. The van der Waals surface area contributed by atoms with Gasteiger partial charge in [-0.3, -0.25) is 4.31 Å². The summed E-state index contributed by atoms with van der Waals surface area (Å²) in [5, 5.41) is 10.6. The minimum atomic E-state index is -3.21. The quantitative estimate of drug-likeness (QED) is 0.676. The maximum atomic E-state index is 12.1. The van der Waals surface area contributed by atoms with E-state index >= 15 is 0 Å². The SMILES string of the molecule is CCOc1ccc2c(C#N)c(-c3ccc(N4CCCS4(=O)=O)cc3)n(C)c2c1. The summed E-state index contributed by atoms with van der Waals surface area (Å²) in [5.41, 5.74) is 3.86. The van der Waals surface area contributed by atoms with Crippen LogP contribution in [0.1, 0.15) is 18.9 Å². The summed E-state index contributed by atoms with van der Waals surface area (Å²) in [6.07, 6.45) is 0.647. The third-order valence-corrected chi connectivity index (χ3v) is 6.99. The van der Waals surface area contributed by atoms with Crippen LogP contribution in [0.4, 0.5) is 5.69 Å². The van der Waals surface area contributed by atoms with Crippen molar-refractivity contribution < 1.29 is 13.2 Å². The van der Waals surface area contributed by atoms with Crippen LogP contribution in [0.25, 0.3) is 22.2 Å². The molecule has 7 heteroatoms. The van der Waals surface area contributed by atoms with Gasteiger partial charge in [0, 0.05) is 25.0 Å². The zero-order valence-electron chi connectivity index (χ0n) is 15.8. The number of hydrogen-bond acceptors (Lipinski definition) is 4. The van der Waals surface area contributed by atoms with E-state index in [1.165, 1.54) is 4.31 Å². The molecule has 0 bridgehead atoms. The molecule has 0 radical (unpaired) electrons. The van der Waals surface area contributed by atoms with E-state index in [0.29, 0.717) is 30.8 Å². The molecule has 1 aromatic heterocycles. The number of sulfonamides is 1. The highest BCUT2D eigenvalue weighted by Crippen LogP contribution is 2.35. The highest BCUT2D eigenvalue weighted by molar-refractivity contribution is 7.93. The summed E-state index contributed by atoms with van der Waals surface area (Å²) in [7, 11) is -1.28. The van der Waals surface area contributed by atoms with Crippen LogP contribution in [0.15, 0.2) is 42.5 Å². The van der Waals surface area contributed by atoms with Gasteiger partial charge in [-0.15, -0.1) is 0 Å². The van der Waals surface area contributed by atoms with Crippen LogP contribution in [0.2, 0.25) is 0 Å². The van der Waals surface area contributed by atoms with E-state index in [1.807, 2.05) is 61.0 Å². The predicted molar refractivity (Wildman–Crippen MR) is 110 cm³/mol. The Morgan fingerprint density at radius 3 is 2.54 bits per heavy atom. The fourth-order valence-electron chi connectivity index (χ4n) is 3.84. The Bertz CT molecular complexity index is 1190. The molecule has 0 amide bonds. The molecule has 1 saturated heterocycles. The van der Waals surface area contributed by atoms with Gasteiger partial charge in [-0.25, -0.2) is 8.42 Å². The highest BCUT2D eigenvalue weighted by Gasteiger charge is 2.28. The summed E-state index contributed by atoms with van der Waals surface area (Å²) in [6, 6.07) is 15.4. The molecule has 0 unspecified atom stereocenters. The number of fused-ring (bicyclic) bond motifs is 1. The largest absolute Gasteiger partial charge is 0.494 e. The lowest BCUT2D eigenvalue weighted by Gasteiger charge is -2.17. The average molecular weight is 395 g/mol. The van der Waals surface area contributed by atoms with Crippen molar-refractivity contribution >= 4 is 26.6 Å². The molecule has 0 saturated carbocycles. The first-order chi connectivity index (χ1) is 13.5. The van der Waals surface area contributed by atoms with Gasteiger partial charge >= 0.3 is 0 Å². The zero-order chi connectivity index (χ0) is 19.9. The van der Waals surface area contributed by atoms with Gasteiger partial charge in [-0.1, -0.05) is 12.1 Å². The molecule has 144 valence electrons. The number of anilines is 1. The molecule has 2 heterocycles. The molecule has 2 aromatic carbocycles. The first-order valence-corrected chi connectivity index (χ1v) is 10.8. The van der Waals surface area contributed by atoms with Crippen molar-refractivity contribution in [2.24, 2.45) is 7.05 Å². The molecular weight excluding hydrogens is 374 g/mol. The molecule has 0 aliphatic carbocycles. The van der Waals surface area contributed by atoms with Crippen molar-refractivity contribution in [1.82, 2.24) is 4.57 Å². The van der Waals surface area contributed by atoms with Crippen LogP contribution in [-0.4, -0.2) is 31.9 Å². The number of rotatable bonds is 4. The number of aromatic nitrogens is 1. The molecule has 3 aromatic rings. The second-order valence-corrected chi connectivity index (χ2v) is 8.81. The molecule has 0 spiro atoms.